The number of benzene rings is 2. The van der Waals surface area contributed by atoms with Crippen molar-refractivity contribution < 1.29 is 9.18 Å². The number of halogens is 1. The smallest absolute Gasteiger partial charge is 0.257 e. The Balaban J connectivity index is 1.33. The van der Waals surface area contributed by atoms with Crippen LogP contribution in [0.4, 0.5) is 21.5 Å². The van der Waals surface area contributed by atoms with Crippen LogP contribution in [-0.4, -0.2) is 19.0 Å². The summed E-state index contributed by atoms with van der Waals surface area (Å²) in [5, 5.41) is 5.92. The van der Waals surface area contributed by atoms with Gasteiger partial charge in [0.05, 0.1) is 11.3 Å². The molecule has 148 valence electrons. The summed E-state index contributed by atoms with van der Waals surface area (Å²) in [5.41, 5.74) is 4.95. The van der Waals surface area contributed by atoms with Crippen molar-refractivity contribution in [3.63, 3.8) is 0 Å². The highest BCUT2D eigenvalue weighted by molar-refractivity contribution is 6.31. The number of piperidine rings is 1. The van der Waals surface area contributed by atoms with Gasteiger partial charge in [0, 0.05) is 36.2 Å². The zero-order chi connectivity index (χ0) is 19.8. The highest BCUT2D eigenvalue weighted by Crippen LogP contribution is 2.35. The van der Waals surface area contributed by atoms with Crippen LogP contribution in [0.1, 0.15) is 31.2 Å². The summed E-state index contributed by atoms with van der Waals surface area (Å²) in [7, 11) is 0. The fourth-order valence-corrected chi connectivity index (χ4v) is 4.63. The number of carbonyl (C=O) groups excluding carboxylic acids is 1. The fourth-order valence-electron chi connectivity index (χ4n) is 4.63. The molecule has 1 amide bonds. The van der Waals surface area contributed by atoms with E-state index >= 15 is 0 Å². The number of hydrogen-bond donors (Lipinski definition) is 2. The van der Waals surface area contributed by atoms with E-state index in [2.05, 4.69) is 21.6 Å². The number of allylic oxidation sites excluding steroid dienone is 1. The minimum Gasteiger partial charge on any atom is -0.365 e. The van der Waals surface area contributed by atoms with Crippen LogP contribution in [0.25, 0.3) is 5.57 Å². The van der Waals surface area contributed by atoms with Crippen molar-refractivity contribution in [2.45, 2.75) is 25.7 Å². The Hall–Kier alpha value is -3.08. The standard InChI is InChI=1S/C24H24FN3O/c25-21-13-18(26-14-20-19-7-3-4-8-22(19)27-24(20)29)9-10-23(21)28-12-11-16-5-1-2-6-17(16)15-28/h3-4,6-10,13-14,16,26H,1-2,5,11-12,15H2,(H,27,29). The van der Waals surface area contributed by atoms with Gasteiger partial charge < -0.3 is 15.5 Å². The number of anilines is 3. The van der Waals surface area contributed by atoms with Crippen molar-refractivity contribution in [3.05, 3.63) is 71.7 Å². The molecule has 1 atom stereocenters. The fraction of sp³-hybridized carbons (Fsp3) is 0.292. The number of para-hydroxylation sites is 1. The van der Waals surface area contributed by atoms with Gasteiger partial charge in [-0.05, 0) is 55.9 Å². The largest absolute Gasteiger partial charge is 0.365 e. The molecule has 1 unspecified atom stereocenters. The maximum absolute atomic E-state index is 14.9. The normalized spacial score (nSPS) is 22.0. The van der Waals surface area contributed by atoms with E-state index in [1.807, 2.05) is 36.4 Å². The van der Waals surface area contributed by atoms with E-state index in [1.165, 1.54) is 24.5 Å². The average molecular weight is 389 g/mol. The van der Waals surface area contributed by atoms with Crippen LogP contribution in [0.2, 0.25) is 0 Å². The number of hydrogen-bond acceptors (Lipinski definition) is 3. The summed E-state index contributed by atoms with van der Waals surface area (Å²) in [6.07, 6.45) is 8.80. The Morgan fingerprint density at radius 1 is 1.17 bits per heavy atom. The predicted octanol–water partition coefficient (Wildman–Crippen LogP) is 5.17. The van der Waals surface area contributed by atoms with Gasteiger partial charge in [0.2, 0.25) is 0 Å². The molecule has 3 aliphatic rings. The molecule has 0 radical (unpaired) electrons. The van der Waals surface area contributed by atoms with E-state index in [0.29, 0.717) is 22.9 Å². The molecule has 0 aromatic heterocycles. The van der Waals surface area contributed by atoms with Crippen molar-refractivity contribution in [2.75, 3.05) is 28.6 Å². The van der Waals surface area contributed by atoms with Crippen molar-refractivity contribution in [3.8, 4) is 0 Å². The summed E-state index contributed by atoms with van der Waals surface area (Å²) in [4.78, 5) is 14.3. The van der Waals surface area contributed by atoms with Gasteiger partial charge in [-0.15, -0.1) is 0 Å². The lowest BCUT2D eigenvalue weighted by Crippen LogP contribution is -2.36. The quantitative estimate of drug-likeness (QED) is 0.562. The predicted molar refractivity (Wildman–Crippen MR) is 115 cm³/mol. The minimum absolute atomic E-state index is 0.153. The number of nitrogens with zero attached hydrogens (tertiary/aromatic N) is 1. The van der Waals surface area contributed by atoms with E-state index in [4.69, 9.17) is 0 Å². The second-order valence-corrected chi connectivity index (χ2v) is 7.99. The third-order valence-corrected chi connectivity index (χ3v) is 6.19. The molecule has 2 aromatic rings. The summed E-state index contributed by atoms with van der Waals surface area (Å²) < 4.78 is 14.9. The number of rotatable bonds is 3. The molecule has 2 aromatic carbocycles. The van der Waals surface area contributed by atoms with Gasteiger partial charge in [-0.3, -0.25) is 4.79 Å². The van der Waals surface area contributed by atoms with Crippen molar-refractivity contribution >= 4 is 28.5 Å². The van der Waals surface area contributed by atoms with Crippen molar-refractivity contribution in [1.82, 2.24) is 0 Å². The summed E-state index contributed by atoms with van der Waals surface area (Å²) >= 11 is 0. The highest BCUT2D eigenvalue weighted by atomic mass is 19.1. The monoisotopic (exact) mass is 389 g/mol. The molecule has 1 fully saturated rings. The lowest BCUT2D eigenvalue weighted by atomic mass is 9.82. The van der Waals surface area contributed by atoms with Crippen LogP contribution < -0.4 is 15.5 Å². The molecule has 2 heterocycles. The topological polar surface area (TPSA) is 44.4 Å². The Labute approximate surface area is 170 Å². The molecule has 1 saturated heterocycles. The van der Waals surface area contributed by atoms with Crippen LogP contribution >= 0.6 is 0 Å². The van der Waals surface area contributed by atoms with Gasteiger partial charge in [-0.2, -0.15) is 0 Å². The third kappa shape index (κ3) is 3.41. The summed E-state index contributed by atoms with van der Waals surface area (Å²) in [5.74, 6) is 0.301. The van der Waals surface area contributed by atoms with Gasteiger partial charge in [-0.25, -0.2) is 4.39 Å². The molecule has 2 aliphatic heterocycles. The molecule has 0 saturated carbocycles. The lowest BCUT2D eigenvalue weighted by Gasteiger charge is -2.37. The zero-order valence-corrected chi connectivity index (χ0v) is 16.2. The van der Waals surface area contributed by atoms with Crippen LogP contribution in [0.15, 0.2) is 60.3 Å². The minimum atomic E-state index is -0.237. The first-order valence-electron chi connectivity index (χ1n) is 10.3. The van der Waals surface area contributed by atoms with Gasteiger partial charge in [0.15, 0.2) is 0 Å². The number of amides is 1. The van der Waals surface area contributed by atoms with E-state index < -0.39 is 0 Å². The molecule has 29 heavy (non-hydrogen) atoms. The molecule has 0 spiro atoms. The Kier molecular flexibility index (Phi) is 4.58. The first kappa shape index (κ1) is 18.0. The van der Waals surface area contributed by atoms with Gasteiger partial charge in [0.25, 0.3) is 5.91 Å². The molecule has 5 rings (SSSR count). The Morgan fingerprint density at radius 3 is 2.97 bits per heavy atom. The lowest BCUT2D eigenvalue weighted by molar-refractivity contribution is -0.110. The van der Waals surface area contributed by atoms with Crippen LogP contribution in [-0.2, 0) is 4.79 Å². The third-order valence-electron chi connectivity index (χ3n) is 6.19. The van der Waals surface area contributed by atoms with Gasteiger partial charge >= 0.3 is 0 Å². The molecular weight excluding hydrogens is 365 g/mol. The summed E-state index contributed by atoms with van der Waals surface area (Å²) in [6.45, 7) is 1.72. The maximum atomic E-state index is 14.9. The molecule has 1 aliphatic carbocycles. The van der Waals surface area contributed by atoms with Crippen LogP contribution in [0, 0.1) is 11.7 Å². The second kappa shape index (κ2) is 7.39. The van der Waals surface area contributed by atoms with Gasteiger partial charge in [-0.1, -0.05) is 29.8 Å². The van der Waals surface area contributed by atoms with E-state index in [0.717, 1.165) is 37.2 Å². The van der Waals surface area contributed by atoms with E-state index in [1.54, 1.807) is 6.20 Å². The van der Waals surface area contributed by atoms with Crippen LogP contribution in [0.3, 0.4) is 0 Å². The van der Waals surface area contributed by atoms with Crippen molar-refractivity contribution in [2.24, 2.45) is 5.92 Å². The summed E-state index contributed by atoms with van der Waals surface area (Å²) in [6, 6.07) is 12.8. The molecule has 0 bridgehead atoms. The molecule has 2 N–H and O–H groups in total. The molecular formula is C24H24FN3O. The van der Waals surface area contributed by atoms with E-state index in [9.17, 15) is 9.18 Å². The number of nitrogens with one attached hydrogen (secondary N) is 2. The number of carbonyl (C=O) groups is 1. The van der Waals surface area contributed by atoms with Crippen LogP contribution in [0.5, 0.6) is 0 Å². The molecule has 5 heteroatoms. The van der Waals surface area contributed by atoms with E-state index in [-0.39, 0.29) is 11.7 Å². The second-order valence-electron chi connectivity index (χ2n) is 7.99. The number of fused-ring (bicyclic) bond motifs is 2. The Bertz CT molecular complexity index is 1030. The van der Waals surface area contributed by atoms with Crippen molar-refractivity contribution in [1.29, 1.82) is 0 Å². The first-order chi connectivity index (χ1) is 14.2. The van der Waals surface area contributed by atoms with Gasteiger partial charge in [0.1, 0.15) is 5.82 Å². The average Bonchev–Trinajstić information content (AvgIpc) is 3.07. The molecule has 4 nitrogen and oxygen atoms in total. The Morgan fingerprint density at radius 2 is 2.07 bits per heavy atom. The maximum Gasteiger partial charge on any atom is 0.257 e. The zero-order valence-electron chi connectivity index (χ0n) is 16.2. The SMILES string of the molecule is O=C1Nc2ccccc2C1=CNc1ccc(N2CCC3CCCC=C3C2)c(F)c1. The first-order valence-corrected chi connectivity index (χ1v) is 10.3. The highest BCUT2D eigenvalue weighted by Gasteiger charge is 2.27.